The molecule has 0 radical (unpaired) electrons. The number of esters is 1. The Bertz CT molecular complexity index is 273. The summed E-state index contributed by atoms with van der Waals surface area (Å²) in [7, 11) is 1.41. The van der Waals surface area contributed by atoms with Crippen LogP contribution in [0, 0.1) is 11.8 Å². The summed E-state index contributed by atoms with van der Waals surface area (Å²) in [4.78, 5) is 24.3. The molecule has 1 aliphatic heterocycles. The molecule has 17 heavy (non-hydrogen) atoms. The van der Waals surface area contributed by atoms with Crippen molar-refractivity contribution in [1.29, 1.82) is 0 Å². The molecule has 1 aliphatic rings. The number of hydrogen-bond acceptors (Lipinski definition) is 4. The van der Waals surface area contributed by atoms with E-state index in [1.165, 1.54) is 7.11 Å². The summed E-state index contributed by atoms with van der Waals surface area (Å²) < 4.78 is 4.70. The normalized spacial score (nSPS) is 19.9. The Morgan fingerprint density at radius 2 is 2.00 bits per heavy atom. The van der Waals surface area contributed by atoms with Crippen LogP contribution in [-0.2, 0) is 14.3 Å². The number of likely N-dealkylation sites (tertiary alicyclic amines) is 1. The van der Waals surface area contributed by atoms with Crippen LogP contribution in [0.2, 0.25) is 0 Å². The van der Waals surface area contributed by atoms with Crippen molar-refractivity contribution in [1.82, 2.24) is 4.90 Å². The first-order valence-electron chi connectivity index (χ1n) is 6.11. The molecule has 1 rings (SSSR count). The molecule has 0 aromatic carbocycles. The molecule has 0 aromatic rings. The molecular formula is C12H22N2O3. The van der Waals surface area contributed by atoms with Crippen molar-refractivity contribution in [2.45, 2.75) is 26.2 Å². The first-order chi connectivity index (χ1) is 8.02. The van der Waals surface area contributed by atoms with Crippen LogP contribution in [0.5, 0.6) is 0 Å². The van der Waals surface area contributed by atoms with Crippen molar-refractivity contribution in [2.75, 3.05) is 26.7 Å². The predicted octanol–water partition coefficient (Wildman–Crippen LogP) is 0.383. The van der Waals surface area contributed by atoms with Gasteiger partial charge in [0, 0.05) is 13.0 Å². The minimum atomic E-state index is -0.216. The molecule has 5 heteroatoms. The number of piperidine rings is 1. The predicted molar refractivity (Wildman–Crippen MR) is 64.2 cm³/mol. The number of nitrogens with two attached hydrogens (primary N) is 1. The quantitative estimate of drug-likeness (QED) is 0.707. The molecule has 1 atom stereocenters. The van der Waals surface area contributed by atoms with E-state index in [-0.39, 0.29) is 17.8 Å². The molecule has 98 valence electrons. The second-order valence-electron chi connectivity index (χ2n) is 4.84. The second-order valence-corrected chi connectivity index (χ2v) is 4.84. The van der Waals surface area contributed by atoms with Gasteiger partial charge in [-0.2, -0.15) is 0 Å². The Labute approximate surface area is 102 Å². The molecular weight excluding hydrogens is 220 g/mol. The van der Waals surface area contributed by atoms with Crippen molar-refractivity contribution < 1.29 is 14.3 Å². The highest BCUT2D eigenvalue weighted by atomic mass is 16.5. The Morgan fingerprint density at radius 3 is 2.47 bits per heavy atom. The van der Waals surface area contributed by atoms with Gasteiger partial charge in [-0.05, 0) is 31.8 Å². The van der Waals surface area contributed by atoms with Crippen molar-refractivity contribution in [3.8, 4) is 0 Å². The summed E-state index contributed by atoms with van der Waals surface area (Å²) in [5, 5.41) is 0. The van der Waals surface area contributed by atoms with Crippen molar-refractivity contribution in [2.24, 2.45) is 17.6 Å². The SMILES string of the molecule is COC(=O)C(C)CN1CCC(CC(N)=O)CC1. The number of methoxy groups -OCH3 is 1. The van der Waals surface area contributed by atoms with Gasteiger partial charge in [0.2, 0.25) is 5.91 Å². The zero-order chi connectivity index (χ0) is 12.8. The number of ether oxygens (including phenoxy) is 1. The maximum Gasteiger partial charge on any atom is 0.309 e. The van der Waals surface area contributed by atoms with E-state index >= 15 is 0 Å². The number of nitrogens with zero attached hydrogens (tertiary/aromatic N) is 1. The lowest BCUT2D eigenvalue weighted by atomic mass is 9.93. The minimum Gasteiger partial charge on any atom is -0.469 e. The van der Waals surface area contributed by atoms with E-state index in [4.69, 9.17) is 10.5 Å². The van der Waals surface area contributed by atoms with Crippen LogP contribution in [-0.4, -0.2) is 43.5 Å². The van der Waals surface area contributed by atoms with Crippen LogP contribution < -0.4 is 5.73 Å². The molecule has 0 saturated carbocycles. The number of primary amides is 1. The Kier molecular flexibility index (Phi) is 5.41. The monoisotopic (exact) mass is 242 g/mol. The van der Waals surface area contributed by atoms with Gasteiger partial charge in [0.05, 0.1) is 13.0 Å². The molecule has 1 heterocycles. The van der Waals surface area contributed by atoms with Gasteiger partial charge in [-0.1, -0.05) is 6.92 Å². The number of hydrogen-bond donors (Lipinski definition) is 1. The fourth-order valence-corrected chi connectivity index (χ4v) is 2.32. The smallest absolute Gasteiger partial charge is 0.309 e. The highest BCUT2D eigenvalue weighted by molar-refractivity contribution is 5.74. The van der Waals surface area contributed by atoms with Crippen LogP contribution in [0.25, 0.3) is 0 Å². The fourth-order valence-electron chi connectivity index (χ4n) is 2.32. The zero-order valence-corrected chi connectivity index (χ0v) is 10.6. The lowest BCUT2D eigenvalue weighted by Crippen LogP contribution is -2.39. The number of carbonyl (C=O) groups is 2. The Morgan fingerprint density at radius 1 is 1.41 bits per heavy atom. The van der Waals surface area contributed by atoms with Gasteiger partial charge in [-0.3, -0.25) is 9.59 Å². The van der Waals surface area contributed by atoms with Crippen LogP contribution in [0.3, 0.4) is 0 Å². The van der Waals surface area contributed by atoms with Gasteiger partial charge in [0.15, 0.2) is 0 Å². The molecule has 1 amide bonds. The van der Waals surface area contributed by atoms with E-state index in [1.54, 1.807) is 0 Å². The number of amides is 1. The summed E-state index contributed by atoms with van der Waals surface area (Å²) in [5.41, 5.74) is 5.18. The molecule has 5 nitrogen and oxygen atoms in total. The van der Waals surface area contributed by atoms with Gasteiger partial charge >= 0.3 is 5.97 Å². The molecule has 2 N–H and O–H groups in total. The van der Waals surface area contributed by atoms with E-state index in [2.05, 4.69) is 4.90 Å². The van der Waals surface area contributed by atoms with Gasteiger partial charge in [-0.15, -0.1) is 0 Å². The van der Waals surface area contributed by atoms with Crippen molar-refractivity contribution in [3.63, 3.8) is 0 Å². The summed E-state index contributed by atoms with van der Waals surface area (Å²) in [5.74, 6) is -0.0551. The lowest BCUT2D eigenvalue weighted by molar-refractivity contribution is -0.145. The Hall–Kier alpha value is -1.10. The first kappa shape index (κ1) is 14.0. The lowest BCUT2D eigenvalue weighted by Gasteiger charge is -2.32. The standard InChI is InChI=1S/C12H22N2O3/c1-9(12(16)17-2)8-14-5-3-10(4-6-14)7-11(13)15/h9-10H,3-8H2,1-2H3,(H2,13,15). The van der Waals surface area contributed by atoms with E-state index in [9.17, 15) is 9.59 Å². The zero-order valence-electron chi connectivity index (χ0n) is 10.6. The van der Waals surface area contributed by atoms with E-state index in [0.717, 1.165) is 32.5 Å². The minimum absolute atomic E-state index is 0.0901. The highest BCUT2D eigenvalue weighted by Gasteiger charge is 2.23. The van der Waals surface area contributed by atoms with Crippen LogP contribution in [0.15, 0.2) is 0 Å². The number of carbonyl (C=O) groups excluding carboxylic acids is 2. The van der Waals surface area contributed by atoms with Crippen LogP contribution in [0.4, 0.5) is 0 Å². The average molecular weight is 242 g/mol. The maximum absolute atomic E-state index is 11.3. The summed E-state index contributed by atoms with van der Waals surface area (Å²) in [6.07, 6.45) is 2.45. The van der Waals surface area contributed by atoms with E-state index in [0.29, 0.717) is 12.3 Å². The summed E-state index contributed by atoms with van der Waals surface area (Å²) >= 11 is 0. The third-order valence-corrected chi connectivity index (χ3v) is 3.33. The number of rotatable bonds is 5. The molecule has 0 aromatic heterocycles. The van der Waals surface area contributed by atoms with Gasteiger partial charge < -0.3 is 15.4 Å². The molecule has 0 aliphatic carbocycles. The summed E-state index contributed by atoms with van der Waals surface area (Å²) in [6.45, 7) is 4.47. The van der Waals surface area contributed by atoms with Gasteiger partial charge in [-0.25, -0.2) is 0 Å². The Balaban J connectivity index is 2.27. The van der Waals surface area contributed by atoms with Crippen LogP contribution in [0.1, 0.15) is 26.2 Å². The van der Waals surface area contributed by atoms with Crippen molar-refractivity contribution in [3.05, 3.63) is 0 Å². The third kappa shape index (κ3) is 4.73. The van der Waals surface area contributed by atoms with Crippen molar-refractivity contribution >= 4 is 11.9 Å². The molecule has 0 bridgehead atoms. The average Bonchev–Trinajstić information content (AvgIpc) is 2.30. The highest BCUT2D eigenvalue weighted by Crippen LogP contribution is 2.20. The second kappa shape index (κ2) is 6.59. The van der Waals surface area contributed by atoms with Gasteiger partial charge in [0.1, 0.15) is 0 Å². The maximum atomic E-state index is 11.3. The molecule has 1 unspecified atom stereocenters. The molecule has 0 spiro atoms. The first-order valence-corrected chi connectivity index (χ1v) is 6.11. The summed E-state index contributed by atoms with van der Waals surface area (Å²) in [6, 6.07) is 0. The largest absolute Gasteiger partial charge is 0.469 e. The van der Waals surface area contributed by atoms with Crippen LogP contribution >= 0.6 is 0 Å². The topological polar surface area (TPSA) is 72.6 Å². The molecule has 1 saturated heterocycles. The van der Waals surface area contributed by atoms with E-state index < -0.39 is 0 Å². The van der Waals surface area contributed by atoms with E-state index in [1.807, 2.05) is 6.92 Å². The fraction of sp³-hybridized carbons (Fsp3) is 0.833. The van der Waals surface area contributed by atoms with Gasteiger partial charge in [0.25, 0.3) is 0 Å². The third-order valence-electron chi connectivity index (χ3n) is 3.33. The molecule has 1 fully saturated rings.